The average Bonchev–Trinajstić information content (AvgIpc) is 3.25. The molecule has 0 radical (unpaired) electrons. The van der Waals surface area contributed by atoms with Gasteiger partial charge in [0.25, 0.3) is 0 Å². The van der Waals surface area contributed by atoms with Gasteiger partial charge in [0.1, 0.15) is 11.5 Å². The van der Waals surface area contributed by atoms with Gasteiger partial charge in [-0.15, -0.1) is 10.2 Å². The number of aromatic nitrogens is 4. The fraction of sp³-hybridized carbons (Fsp3) is 0.389. The molecule has 0 saturated carbocycles. The van der Waals surface area contributed by atoms with E-state index in [-0.39, 0.29) is 5.60 Å². The molecule has 1 aliphatic heterocycles. The summed E-state index contributed by atoms with van der Waals surface area (Å²) < 4.78 is 13.4. The van der Waals surface area contributed by atoms with Crippen LogP contribution in [0.1, 0.15) is 19.6 Å². The maximum Gasteiger partial charge on any atom is 0.228 e. The molecule has 0 aromatic carbocycles. The molecule has 3 aromatic heterocycles. The van der Waals surface area contributed by atoms with Crippen LogP contribution in [0.2, 0.25) is 0 Å². The number of furan rings is 1. The molecule has 1 saturated heterocycles. The largest absolute Gasteiger partial charge is 0.467 e. The summed E-state index contributed by atoms with van der Waals surface area (Å²) in [5.74, 6) is 2.40. The summed E-state index contributed by atoms with van der Waals surface area (Å²) in [6.45, 7) is 6.93. The molecule has 7 nitrogen and oxygen atoms in total. The van der Waals surface area contributed by atoms with Crippen molar-refractivity contribution in [2.24, 2.45) is 0 Å². The number of anilines is 1. The number of hydrogen-bond donors (Lipinski definition) is 0. The lowest BCUT2D eigenvalue weighted by Gasteiger charge is -2.38. The van der Waals surface area contributed by atoms with Crippen LogP contribution in [0.15, 0.2) is 47.2 Å². The van der Waals surface area contributed by atoms with E-state index in [0.29, 0.717) is 13.2 Å². The Balaban J connectivity index is 1.75. The van der Waals surface area contributed by atoms with Crippen molar-refractivity contribution in [1.29, 1.82) is 0 Å². The molecular weight excluding hydrogens is 318 g/mol. The van der Waals surface area contributed by atoms with Crippen molar-refractivity contribution in [2.75, 3.05) is 24.6 Å². The topological polar surface area (TPSA) is 69.2 Å². The van der Waals surface area contributed by atoms with E-state index < -0.39 is 0 Å². The molecule has 0 amide bonds. The maximum atomic E-state index is 5.82. The number of morpholine rings is 1. The molecule has 0 atom stereocenters. The molecule has 7 heteroatoms. The summed E-state index contributed by atoms with van der Waals surface area (Å²) in [4.78, 5) is 6.64. The van der Waals surface area contributed by atoms with Gasteiger partial charge in [0.15, 0.2) is 5.82 Å². The molecule has 25 heavy (non-hydrogen) atoms. The van der Waals surface area contributed by atoms with Gasteiger partial charge in [-0.2, -0.15) is 0 Å². The minimum absolute atomic E-state index is 0.217. The third-order valence-corrected chi connectivity index (χ3v) is 4.23. The summed E-state index contributed by atoms with van der Waals surface area (Å²) in [6.07, 6.45) is 3.44. The van der Waals surface area contributed by atoms with Crippen LogP contribution < -0.4 is 4.90 Å². The molecule has 0 aliphatic carbocycles. The minimum atomic E-state index is -0.217. The van der Waals surface area contributed by atoms with Crippen LogP contribution in [-0.2, 0) is 11.3 Å². The zero-order valence-electron chi connectivity index (χ0n) is 14.4. The smallest absolute Gasteiger partial charge is 0.228 e. The Hall–Kier alpha value is -2.67. The molecule has 0 N–H and O–H groups in total. The highest BCUT2D eigenvalue weighted by molar-refractivity contribution is 5.53. The van der Waals surface area contributed by atoms with Crippen molar-refractivity contribution < 1.29 is 9.15 Å². The second-order valence-corrected chi connectivity index (χ2v) is 6.73. The number of rotatable bonds is 4. The van der Waals surface area contributed by atoms with Crippen LogP contribution in [0.3, 0.4) is 0 Å². The van der Waals surface area contributed by atoms with Gasteiger partial charge in [-0.25, -0.2) is 0 Å². The first-order valence-corrected chi connectivity index (χ1v) is 8.38. The van der Waals surface area contributed by atoms with Gasteiger partial charge >= 0.3 is 0 Å². The van der Waals surface area contributed by atoms with Crippen molar-refractivity contribution in [1.82, 2.24) is 19.7 Å². The second kappa shape index (κ2) is 6.33. The predicted octanol–water partition coefficient (Wildman–Crippen LogP) is 2.60. The standard InChI is InChI=1S/C18H21N5O2/c1-18(2)13-22(9-11-25-18)17-21-20-16(15-7-3-4-8-19-15)23(17)12-14-6-5-10-24-14/h3-8,10H,9,11-13H2,1-2H3. The zero-order chi connectivity index (χ0) is 17.3. The zero-order valence-corrected chi connectivity index (χ0v) is 14.4. The molecule has 0 unspecified atom stereocenters. The van der Waals surface area contributed by atoms with Crippen molar-refractivity contribution in [2.45, 2.75) is 26.0 Å². The van der Waals surface area contributed by atoms with E-state index in [9.17, 15) is 0 Å². The summed E-state index contributed by atoms with van der Waals surface area (Å²) in [5, 5.41) is 8.88. The van der Waals surface area contributed by atoms with Crippen molar-refractivity contribution in [3.05, 3.63) is 48.6 Å². The van der Waals surface area contributed by atoms with E-state index in [2.05, 4.69) is 38.5 Å². The monoisotopic (exact) mass is 339 g/mol. The van der Waals surface area contributed by atoms with Gasteiger partial charge in [0.2, 0.25) is 5.95 Å². The van der Waals surface area contributed by atoms with Crippen molar-refractivity contribution in [3.63, 3.8) is 0 Å². The Morgan fingerprint density at radius 3 is 2.80 bits per heavy atom. The Morgan fingerprint density at radius 2 is 2.08 bits per heavy atom. The number of pyridine rings is 1. The summed E-state index contributed by atoms with van der Waals surface area (Å²) in [6, 6.07) is 9.62. The summed E-state index contributed by atoms with van der Waals surface area (Å²) in [7, 11) is 0. The van der Waals surface area contributed by atoms with Gasteiger partial charge < -0.3 is 14.1 Å². The Kier molecular flexibility index (Phi) is 4.01. The first-order chi connectivity index (χ1) is 12.1. The number of nitrogens with zero attached hydrogens (tertiary/aromatic N) is 5. The highest BCUT2D eigenvalue weighted by Gasteiger charge is 2.31. The van der Waals surface area contributed by atoms with E-state index in [4.69, 9.17) is 9.15 Å². The Bertz CT molecular complexity index is 827. The normalized spacial score (nSPS) is 17.0. The lowest BCUT2D eigenvalue weighted by Crippen LogP contribution is -2.49. The molecule has 0 bridgehead atoms. The fourth-order valence-electron chi connectivity index (χ4n) is 3.10. The molecule has 0 spiro atoms. The van der Waals surface area contributed by atoms with Crippen LogP contribution in [-0.4, -0.2) is 45.0 Å². The first-order valence-electron chi connectivity index (χ1n) is 8.38. The molecule has 1 aliphatic rings. The predicted molar refractivity (Wildman–Crippen MR) is 93.3 cm³/mol. The summed E-state index contributed by atoms with van der Waals surface area (Å²) in [5.41, 5.74) is 0.575. The van der Waals surface area contributed by atoms with Gasteiger partial charge in [0.05, 0.1) is 25.0 Å². The minimum Gasteiger partial charge on any atom is -0.467 e. The van der Waals surface area contributed by atoms with Gasteiger partial charge in [0, 0.05) is 19.3 Å². The second-order valence-electron chi connectivity index (χ2n) is 6.73. The van der Waals surface area contributed by atoms with Gasteiger partial charge in [-0.1, -0.05) is 6.07 Å². The van der Waals surface area contributed by atoms with Crippen LogP contribution in [0.25, 0.3) is 11.5 Å². The number of ether oxygens (including phenoxy) is 1. The molecular formula is C18H21N5O2. The van der Waals surface area contributed by atoms with E-state index in [1.807, 2.05) is 30.3 Å². The fourth-order valence-corrected chi connectivity index (χ4v) is 3.10. The molecule has 130 valence electrons. The third kappa shape index (κ3) is 3.28. The van der Waals surface area contributed by atoms with Crippen LogP contribution >= 0.6 is 0 Å². The van der Waals surface area contributed by atoms with Gasteiger partial charge in [-0.3, -0.25) is 9.55 Å². The van der Waals surface area contributed by atoms with Crippen LogP contribution in [0.5, 0.6) is 0 Å². The SMILES string of the molecule is CC1(C)CN(c2nnc(-c3ccccn3)n2Cc2ccco2)CCO1. The first kappa shape index (κ1) is 15.8. The van der Waals surface area contributed by atoms with Crippen molar-refractivity contribution >= 4 is 5.95 Å². The molecule has 3 aromatic rings. The molecule has 4 heterocycles. The van der Waals surface area contributed by atoms with E-state index in [0.717, 1.165) is 36.3 Å². The molecule has 1 fully saturated rings. The molecule has 4 rings (SSSR count). The maximum absolute atomic E-state index is 5.82. The van der Waals surface area contributed by atoms with E-state index in [1.165, 1.54) is 0 Å². The quantitative estimate of drug-likeness (QED) is 0.728. The highest BCUT2D eigenvalue weighted by atomic mass is 16.5. The van der Waals surface area contributed by atoms with Crippen LogP contribution in [0, 0.1) is 0 Å². The van der Waals surface area contributed by atoms with E-state index in [1.54, 1.807) is 12.5 Å². The third-order valence-electron chi connectivity index (χ3n) is 4.23. The van der Waals surface area contributed by atoms with Crippen LogP contribution in [0.4, 0.5) is 5.95 Å². The average molecular weight is 339 g/mol. The Labute approximate surface area is 146 Å². The lowest BCUT2D eigenvalue weighted by molar-refractivity contribution is -0.0283. The number of hydrogen-bond acceptors (Lipinski definition) is 6. The summed E-state index contributed by atoms with van der Waals surface area (Å²) >= 11 is 0. The van der Waals surface area contributed by atoms with Gasteiger partial charge in [-0.05, 0) is 38.1 Å². The highest BCUT2D eigenvalue weighted by Crippen LogP contribution is 2.26. The lowest BCUT2D eigenvalue weighted by atomic mass is 10.1. The van der Waals surface area contributed by atoms with E-state index >= 15 is 0 Å². The van der Waals surface area contributed by atoms with Crippen molar-refractivity contribution in [3.8, 4) is 11.5 Å². The Morgan fingerprint density at radius 1 is 1.16 bits per heavy atom.